The van der Waals surface area contributed by atoms with Gasteiger partial charge in [0.05, 0.1) is 23.0 Å². The number of anilines is 2. The predicted molar refractivity (Wildman–Crippen MR) is 119 cm³/mol. The summed E-state index contributed by atoms with van der Waals surface area (Å²) in [6.45, 7) is 1.77. The van der Waals surface area contributed by atoms with E-state index >= 15 is 0 Å². The molecular weight excluding hydrogens is 400 g/mol. The van der Waals surface area contributed by atoms with Crippen LogP contribution in [0.2, 0.25) is 0 Å². The van der Waals surface area contributed by atoms with E-state index in [1.807, 2.05) is 59.2 Å². The summed E-state index contributed by atoms with van der Waals surface area (Å²) < 4.78 is 27.5. The Labute approximate surface area is 174 Å². The lowest BCUT2D eigenvalue weighted by Crippen LogP contribution is -2.17. The van der Waals surface area contributed by atoms with E-state index in [4.69, 9.17) is 0 Å². The largest absolute Gasteiger partial charge is 0.291 e. The number of fused-ring (bicyclic) bond motifs is 1. The molecule has 0 unspecified atom stereocenters. The third-order valence-corrected chi connectivity index (χ3v) is 5.19. The Hall–Kier alpha value is -3.65. The van der Waals surface area contributed by atoms with E-state index < -0.39 is 10.0 Å². The van der Waals surface area contributed by atoms with Crippen molar-refractivity contribution in [2.24, 2.45) is 0 Å². The van der Waals surface area contributed by atoms with Crippen LogP contribution in [0.3, 0.4) is 0 Å². The van der Waals surface area contributed by atoms with Gasteiger partial charge in [0.1, 0.15) is 0 Å². The number of hydrogen-bond acceptors (Lipinski definition) is 4. The third-order valence-electron chi connectivity index (χ3n) is 4.60. The van der Waals surface area contributed by atoms with Crippen LogP contribution < -0.4 is 10.0 Å². The second kappa shape index (κ2) is 7.64. The molecule has 0 radical (unpaired) electrons. The Morgan fingerprint density at radius 1 is 0.967 bits per heavy atom. The van der Waals surface area contributed by atoms with Gasteiger partial charge in [0.25, 0.3) is 5.91 Å². The Balaban J connectivity index is 1.73. The molecule has 0 saturated heterocycles. The first-order chi connectivity index (χ1) is 14.3. The zero-order valence-electron chi connectivity index (χ0n) is 16.5. The smallest absolute Gasteiger partial charge is 0.258 e. The van der Waals surface area contributed by atoms with Crippen LogP contribution in [-0.4, -0.2) is 30.1 Å². The Morgan fingerprint density at radius 2 is 1.67 bits per heavy atom. The molecule has 0 aliphatic heterocycles. The van der Waals surface area contributed by atoms with Gasteiger partial charge in [0.2, 0.25) is 16.0 Å². The first-order valence-corrected chi connectivity index (χ1v) is 11.1. The monoisotopic (exact) mass is 420 g/mol. The lowest BCUT2D eigenvalue weighted by Gasteiger charge is -2.12. The topological polar surface area (TPSA) is 93.1 Å². The minimum Gasteiger partial charge on any atom is -0.291 e. The molecule has 4 rings (SSSR count). The molecule has 0 aliphatic rings. The van der Waals surface area contributed by atoms with Gasteiger partial charge in [0.15, 0.2) is 0 Å². The van der Waals surface area contributed by atoms with Crippen molar-refractivity contribution in [2.75, 3.05) is 16.3 Å². The summed E-state index contributed by atoms with van der Waals surface area (Å²) >= 11 is 0. The maximum absolute atomic E-state index is 13.0. The molecule has 30 heavy (non-hydrogen) atoms. The van der Waals surface area contributed by atoms with Crippen molar-refractivity contribution in [3.8, 4) is 5.69 Å². The van der Waals surface area contributed by atoms with Gasteiger partial charge < -0.3 is 0 Å². The first kappa shape index (κ1) is 19.7. The molecule has 1 heterocycles. The number of sulfonamides is 1. The zero-order valence-corrected chi connectivity index (χ0v) is 17.3. The maximum atomic E-state index is 13.0. The number of benzene rings is 3. The quantitative estimate of drug-likeness (QED) is 0.511. The second-order valence-electron chi connectivity index (χ2n) is 6.95. The van der Waals surface area contributed by atoms with E-state index in [9.17, 15) is 13.2 Å². The van der Waals surface area contributed by atoms with Crippen molar-refractivity contribution in [2.45, 2.75) is 6.92 Å². The number of aromatic nitrogens is 2. The minimum atomic E-state index is -3.46. The lowest BCUT2D eigenvalue weighted by molar-refractivity contribution is 0.102. The highest BCUT2D eigenvalue weighted by Gasteiger charge is 2.17. The van der Waals surface area contributed by atoms with Gasteiger partial charge in [0, 0.05) is 11.3 Å². The van der Waals surface area contributed by atoms with Crippen LogP contribution in [0, 0.1) is 6.92 Å². The lowest BCUT2D eigenvalue weighted by atomic mass is 10.1. The van der Waals surface area contributed by atoms with Crippen LogP contribution in [0.25, 0.3) is 16.7 Å². The van der Waals surface area contributed by atoms with E-state index in [1.165, 1.54) is 6.07 Å². The van der Waals surface area contributed by atoms with E-state index in [1.54, 1.807) is 19.1 Å². The van der Waals surface area contributed by atoms with Crippen molar-refractivity contribution >= 4 is 38.6 Å². The number of nitrogens with zero attached hydrogens (tertiary/aromatic N) is 2. The number of amides is 1. The van der Waals surface area contributed by atoms with Crippen LogP contribution in [0.5, 0.6) is 0 Å². The fourth-order valence-corrected chi connectivity index (χ4v) is 3.81. The molecule has 1 amide bonds. The molecule has 0 aliphatic carbocycles. The van der Waals surface area contributed by atoms with Crippen LogP contribution in [0.1, 0.15) is 15.9 Å². The molecule has 4 aromatic rings. The average Bonchev–Trinajstić information content (AvgIpc) is 3.07. The summed E-state index contributed by atoms with van der Waals surface area (Å²) in [5.41, 5.74) is 3.88. The summed E-state index contributed by atoms with van der Waals surface area (Å²) in [7, 11) is -3.46. The molecule has 0 fully saturated rings. The van der Waals surface area contributed by atoms with Gasteiger partial charge in [-0.3, -0.25) is 19.4 Å². The Kier molecular flexibility index (Phi) is 5.01. The molecule has 0 spiro atoms. The van der Waals surface area contributed by atoms with Crippen molar-refractivity contribution in [3.05, 3.63) is 83.9 Å². The number of nitrogens with one attached hydrogen (secondary N) is 2. The van der Waals surface area contributed by atoms with Crippen LogP contribution >= 0.6 is 0 Å². The van der Waals surface area contributed by atoms with Gasteiger partial charge in [-0.05, 0) is 48.9 Å². The van der Waals surface area contributed by atoms with E-state index in [0.717, 1.165) is 23.0 Å². The molecule has 0 atom stereocenters. The zero-order chi connectivity index (χ0) is 21.3. The van der Waals surface area contributed by atoms with Crippen molar-refractivity contribution in [3.63, 3.8) is 0 Å². The standard InChI is InChI=1S/C22H20N4O3S/c1-15-12-13-16(14-19(15)25-30(2,28)29)21(27)24-22-23-18-10-6-7-11-20(18)26(22)17-8-4-3-5-9-17/h3-14,25H,1-2H3,(H,23,24,27). The molecule has 2 N–H and O–H groups in total. The van der Waals surface area contributed by atoms with Gasteiger partial charge in [-0.2, -0.15) is 0 Å². The normalized spacial score (nSPS) is 11.4. The number of hydrogen-bond donors (Lipinski definition) is 2. The van der Waals surface area contributed by atoms with E-state index in [0.29, 0.717) is 22.8 Å². The number of rotatable bonds is 5. The second-order valence-corrected chi connectivity index (χ2v) is 8.70. The molecule has 7 nitrogen and oxygen atoms in total. The Morgan fingerprint density at radius 3 is 2.40 bits per heavy atom. The number of carbonyl (C=O) groups excluding carboxylic acids is 1. The summed E-state index contributed by atoms with van der Waals surface area (Å²) in [5.74, 6) is -0.00960. The van der Waals surface area contributed by atoms with Crippen molar-refractivity contribution in [1.82, 2.24) is 9.55 Å². The van der Waals surface area contributed by atoms with Crippen LogP contribution in [0.15, 0.2) is 72.8 Å². The first-order valence-electron chi connectivity index (χ1n) is 9.24. The third kappa shape index (κ3) is 4.04. The molecule has 152 valence electrons. The molecule has 8 heteroatoms. The SMILES string of the molecule is Cc1ccc(C(=O)Nc2nc3ccccc3n2-c2ccccc2)cc1NS(C)(=O)=O. The predicted octanol–water partition coefficient (Wildman–Crippen LogP) is 3.96. The molecule has 3 aromatic carbocycles. The van der Waals surface area contributed by atoms with Gasteiger partial charge in [-0.25, -0.2) is 13.4 Å². The average molecular weight is 420 g/mol. The van der Waals surface area contributed by atoms with Crippen molar-refractivity contribution < 1.29 is 13.2 Å². The Bertz CT molecular complexity index is 1350. The highest BCUT2D eigenvalue weighted by atomic mass is 32.2. The van der Waals surface area contributed by atoms with E-state index in [2.05, 4.69) is 15.0 Å². The summed E-state index contributed by atoms with van der Waals surface area (Å²) in [6, 6.07) is 22.1. The van der Waals surface area contributed by atoms with Gasteiger partial charge >= 0.3 is 0 Å². The molecule has 1 aromatic heterocycles. The highest BCUT2D eigenvalue weighted by molar-refractivity contribution is 7.92. The maximum Gasteiger partial charge on any atom is 0.258 e. The molecular formula is C22H20N4O3S. The van der Waals surface area contributed by atoms with Gasteiger partial charge in [-0.1, -0.05) is 36.4 Å². The summed E-state index contributed by atoms with van der Waals surface area (Å²) in [4.78, 5) is 17.5. The fraction of sp³-hybridized carbons (Fsp3) is 0.0909. The minimum absolute atomic E-state index is 0.318. The summed E-state index contributed by atoms with van der Waals surface area (Å²) in [5, 5.41) is 2.86. The van der Waals surface area contributed by atoms with E-state index in [-0.39, 0.29) is 5.91 Å². The van der Waals surface area contributed by atoms with Crippen molar-refractivity contribution in [1.29, 1.82) is 0 Å². The number of imidazole rings is 1. The number of aryl methyl sites for hydroxylation is 1. The number of para-hydroxylation sites is 3. The molecule has 0 bridgehead atoms. The summed E-state index contributed by atoms with van der Waals surface area (Å²) in [6.07, 6.45) is 1.07. The number of carbonyl (C=O) groups is 1. The molecule has 0 saturated carbocycles. The van der Waals surface area contributed by atoms with Gasteiger partial charge in [-0.15, -0.1) is 0 Å². The van der Waals surface area contributed by atoms with Crippen LogP contribution in [-0.2, 0) is 10.0 Å². The highest BCUT2D eigenvalue weighted by Crippen LogP contribution is 2.25. The van der Waals surface area contributed by atoms with Crippen LogP contribution in [0.4, 0.5) is 11.6 Å². The fourth-order valence-electron chi connectivity index (χ4n) is 3.19.